The van der Waals surface area contributed by atoms with Gasteiger partial charge in [-0.2, -0.15) is 4.39 Å². The third kappa shape index (κ3) is 2.61. The second-order valence-electron chi connectivity index (χ2n) is 4.54. The van der Waals surface area contributed by atoms with Gasteiger partial charge in [0, 0.05) is 19.6 Å². The van der Waals surface area contributed by atoms with Gasteiger partial charge in [0.1, 0.15) is 0 Å². The van der Waals surface area contributed by atoms with Gasteiger partial charge < -0.3 is 4.74 Å². The fraction of sp³-hybridized carbons (Fsp3) is 0.500. The van der Waals surface area contributed by atoms with Gasteiger partial charge in [-0.05, 0) is 12.5 Å². The summed E-state index contributed by atoms with van der Waals surface area (Å²) in [5.41, 5.74) is -1.36. The highest BCUT2D eigenvalue weighted by molar-refractivity contribution is 5.47. The predicted molar refractivity (Wildman–Crippen MR) is 63.8 cm³/mol. The molecule has 1 aliphatic heterocycles. The summed E-state index contributed by atoms with van der Waals surface area (Å²) in [6, 6.07) is 0. The first-order valence-corrected chi connectivity index (χ1v) is 6.04. The number of hydrogen-bond donors (Lipinski definition) is 0. The Bertz CT molecular complexity index is 545. The molecule has 0 saturated carbocycles. The van der Waals surface area contributed by atoms with Crippen molar-refractivity contribution in [1.29, 1.82) is 0 Å². The van der Waals surface area contributed by atoms with Crippen molar-refractivity contribution < 1.29 is 22.8 Å². The molecule has 0 N–H and O–H groups in total. The van der Waals surface area contributed by atoms with Crippen LogP contribution in [0.4, 0.5) is 18.9 Å². The summed E-state index contributed by atoms with van der Waals surface area (Å²) >= 11 is 0. The average Bonchev–Trinajstić information content (AvgIpc) is 2.43. The highest BCUT2D eigenvalue weighted by Gasteiger charge is 2.31. The first-order chi connectivity index (χ1) is 9.43. The zero-order valence-corrected chi connectivity index (χ0v) is 10.8. The van der Waals surface area contributed by atoms with Crippen molar-refractivity contribution in [3.8, 4) is 0 Å². The third-order valence-electron chi connectivity index (χ3n) is 3.33. The Morgan fingerprint density at radius 1 is 1.20 bits per heavy atom. The van der Waals surface area contributed by atoms with Crippen molar-refractivity contribution >= 4 is 5.69 Å². The minimum absolute atomic E-state index is 0.0143. The fourth-order valence-electron chi connectivity index (χ4n) is 2.17. The lowest BCUT2D eigenvalue weighted by molar-refractivity contribution is -0.388. The van der Waals surface area contributed by atoms with E-state index in [4.69, 9.17) is 4.74 Å². The molecule has 1 aromatic rings. The van der Waals surface area contributed by atoms with Crippen molar-refractivity contribution in [2.24, 2.45) is 0 Å². The van der Waals surface area contributed by atoms with E-state index in [9.17, 15) is 23.3 Å². The summed E-state index contributed by atoms with van der Waals surface area (Å²) < 4.78 is 45.6. The number of rotatable bonds is 3. The monoisotopic (exact) mass is 290 g/mol. The molecule has 0 amide bonds. The Hall–Kier alpha value is -1.67. The van der Waals surface area contributed by atoms with Crippen LogP contribution in [-0.4, -0.2) is 36.1 Å². The lowest BCUT2D eigenvalue weighted by Gasteiger charge is -2.27. The standard InChI is InChI=1S/C12H13F3N2O3/c1-7-8(6-16-2-4-20-5-3-16)12(17(18)19)11(15)10(14)9(7)13/h2-6H2,1H3. The molecule has 8 heteroatoms. The largest absolute Gasteiger partial charge is 0.379 e. The summed E-state index contributed by atoms with van der Waals surface area (Å²) in [6.07, 6.45) is 0. The second-order valence-corrected chi connectivity index (χ2v) is 4.54. The Balaban J connectivity index is 2.46. The SMILES string of the molecule is Cc1c(F)c(F)c(F)c([N+](=O)[O-])c1CN1CCOCC1. The molecule has 0 spiro atoms. The molecule has 0 aliphatic carbocycles. The first kappa shape index (κ1) is 14.7. The highest BCUT2D eigenvalue weighted by atomic mass is 19.2. The van der Waals surface area contributed by atoms with Gasteiger partial charge in [-0.25, -0.2) is 8.78 Å². The smallest absolute Gasteiger partial charge is 0.312 e. The van der Waals surface area contributed by atoms with E-state index >= 15 is 0 Å². The van der Waals surface area contributed by atoms with Gasteiger partial charge in [0.25, 0.3) is 0 Å². The molecule has 2 rings (SSSR count). The number of nitrogens with zero attached hydrogens (tertiary/aromatic N) is 2. The molecule has 1 saturated heterocycles. The van der Waals surface area contributed by atoms with Gasteiger partial charge in [-0.3, -0.25) is 15.0 Å². The van der Waals surface area contributed by atoms with E-state index in [-0.39, 0.29) is 17.7 Å². The lowest BCUT2D eigenvalue weighted by Crippen LogP contribution is -2.36. The van der Waals surface area contributed by atoms with Gasteiger partial charge >= 0.3 is 5.69 Å². The summed E-state index contributed by atoms with van der Waals surface area (Å²) in [7, 11) is 0. The summed E-state index contributed by atoms with van der Waals surface area (Å²) in [4.78, 5) is 11.7. The average molecular weight is 290 g/mol. The van der Waals surface area contributed by atoms with Crippen LogP contribution in [0.15, 0.2) is 0 Å². The summed E-state index contributed by atoms with van der Waals surface area (Å²) in [6.45, 7) is 3.08. The Morgan fingerprint density at radius 3 is 2.35 bits per heavy atom. The number of morpholine rings is 1. The molecule has 0 atom stereocenters. The molecule has 5 nitrogen and oxygen atoms in total. The molecule has 1 heterocycles. The molecule has 1 aliphatic rings. The van der Waals surface area contributed by atoms with E-state index in [2.05, 4.69) is 0 Å². The molecule has 0 radical (unpaired) electrons. The van der Waals surface area contributed by atoms with E-state index in [1.165, 1.54) is 6.92 Å². The van der Waals surface area contributed by atoms with Gasteiger partial charge in [-0.1, -0.05) is 0 Å². The topological polar surface area (TPSA) is 55.6 Å². The molecule has 0 unspecified atom stereocenters. The maximum atomic E-state index is 13.6. The molecule has 20 heavy (non-hydrogen) atoms. The van der Waals surface area contributed by atoms with Crippen molar-refractivity contribution in [1.82, 2.24) is 4.90 Å². The van der Waals surface area contributed by atoms with Gasteiger partial charge in [0.15, 0.2) is 5.82 Å². The Labute approximate surface area is 113 Å². The van der Waals surface area contributed by atoms with Gasteiger partial charge in [0.05, 0.1) is 23.7 Å². The quantitative estimate of drug-likeness (QED) is 0.486. The maximum absolute atomic E-state index is 13.6. The number of halogens is 3. The lowest BCUT2D eigenvalue weighted by atomic mass is 10.0. The molecular weight excluding hydrogens is 277 g/mol. The van der Waals surface area contributed by atoms with Crippen molar-refractivity contribution in [3.05, 3.63) is 38.7 Å². The minimum atomic E-state index is -1.81. The van der Waals surface area contributed by atoms with Crippen LogP contribution in [0.2, 0.25) is 0 Å². The van der Waals surface area contributed by atoms with Crippen LogP contribution in [0.3, 0.4) is 0 Å². The van der Waals surface area contributed by atoms with Crippen LogP contribution in [0, 0.1) is 34.5 Å². The zero-order chi connectivity index (χ0) is 14.9. The van der Waals surface area contributed by atoms with Crippen LogP contribution >= 0.6 is 0 Å². The molecule has 0 bridgehead atoms. The predicted octanol–water partition coefficient (Wildman–Crippen LogP) is 2.15. The molecule has 1 fully saturated rings. The van der Waals surface area contributed by atoms with E-state index in [0.29, 0.717) is 26.3 Å². The fourth-order valence-corrected chi connectivity index (χ4v) is 2.17. The van der Waals surface area contributed by atoms with Crippen molar-refractivity contribution in [2.45, 2.75) is 13.5 Å². The zero-order valence-electron chi connectivity index (χ0n) is 10.8. The van der Waals surface area contributed by atoms with Crippen molar-refractivity contribution in [3.63, 3.8) is 0 Å². The molecular formula is C12H13F3N2O3. The second kappa shape index (κ2) is 5.76. The Kier molecular flexibility index (Phi) is 4.24. The van der Waals surface area contributed by atoms with Crippen LogP contribution in [0.5, 0.6) is 0 Å². The van der Waals surface area contributed by atoms with E-state index in [0.717, 1.165) is 0 Å². The number of ether oxygens (including phenoxy) is 1. The van der Waals surface area contributed by atoms with Gasteiger partial charge in [-0.15, -0.1) is 0 Å². The van der Waals surface area contributed by atoms with E-state index in [1.54, 1.807) is 4.90 Å². The number of hydrogen-bond acceptors (Lipinski definition) is 4. The maximum Gasteiger partial charge on any atom is 0.312 e. The van der Waals surface area contributed by atoms with E-state index < -0.39 is 28.1 Å². The summed E-state index contributed by atoms with van der Waals surface area (Å²) in [5, 5.41) is 10.9. The highest BCUT2D eigenvalue weighted by Crippen LogP contribution is 2.31. The summed E-state index contributed by atoms with van der Waals surface area (Å²) in [5.74, 6) is -4.93. The molecule has 110 valence electrons. The minimum Gasteiger partial charge on any atom is -0.379 e. The number of nitro groups is 1. The van der Waals surface area contributed by atoms with Crippen LogP contribution in [-0.2, 0) is 11.3 Å². The number of benzene rings is 1. The van der Waals surface area contributed by atoms with Crippen LogP contribution < -0.4 is 0 Å². The Morgan fingerprint density at radius 2 is 1.80 bits per heavy atom. The number of nitro benzene ring substituents is 1. The first-order valence-electron chi connectivity index (χ1n) is 6.04. The van der Waals surface area contributed by atoms with E-state index in [1.807, 2.05) is 0 Å². The molecule has 0 aromatic heterocycles. The third-order valence-corrected chi connectivity index (χ3v) is 3.33. The van der Waals surface area contributed by atoms with Crippen LogP contribution in [0.25, 0.3) is 0 Å². The molecule has 1 aromatic carbocycles. The normalized spacial score (nSPS) is 16.4. The van der Waals surface area contributed by atoms with Gasteiger partial charge in [0.2, 0.25) is 11.6 Å². The van der Waals surface area contributed by atoms with Crippen LogP contribution in [0.1, 0.15) is 11.1 Å². The van der Waals surface area contributed by atoms with Crippen molar-refractivity contribution in [2.75, 3.05) is 26.3 Å².